The van der Waals surface area contributed by atoms with Crippen molar-refractivity contribution >= 4 is 43.2 Å². The second-order valence-corrected chi connectivity index (χ2v) is 5.20. The van der Waals surface area contributed by atoms with E-state index in [0.29, 0.717) is 0 Å². The van der Waals surface area contributed by atoms with Gasteiger partial charge in [0.05, 0.1) is 23.4 Å². The molecule has 1 heterocycles. The minimum Gasteiger partial charge on any atom is -0.392 e. The van der Waals surface area contributed by atoms with Crippen molar-refractivity contribution in [1.82, 2.24) is 4.98 Å². The average Bonchev–Trinajstić information content (AvgIpc) is 2.71. The SMILES string of the molecule is OCc1ccc(CO)c2sc(SCl)nc12. The molecule has 0 radical (unpaired) electrons. The Labute approximate surface area is 99.2 Å². The first-order valence-corrected chi connectivity index (χ1v) is 6.67. The highest BCUT2D eigenvalue weighted by Gasteiger charge is 2.11. The summed E-state index contributed by atoms with van der Waals surface area (Å²) >= 11 is 1.43. The van der Waals surface area contributed by atoms with E-state index >= 15 is 0 Å². The Hall–Kier alpha value is -0.330. The number of aliphatic hydroxyl groups excluding tert-OH is 2. The Morgan fingerprint density at radius 1 is 1.27 bits per heavy atom. The molecule has 2 N–H and O–H groups in total. The molecule has 0 saturated heterocycles. The molecule has 1 aromatic carbocycles. The number of hydrogen-bond donors (Lipinski definition) is 2. The Morgan fingerprint density at radius 3 is 2.53 bits per heavy atom. The maximum absolute atomic E-state index is 9.16. The van der Waals surface area contributed by atoms with Crippen molar-refractivity contribution in [2.75, 3.05) is 0 Å². The van der Waals surface area contributed by atoms with Crippen LogP contribution in [0.5, 0.6) is 0 Å². The van der Waals surface area contributed by atoms with E-state index in [1.54, 1.807) is 12.1 Å². The van der Waals surface area contributed by atoms with Crippen LogP contribution in [0.25, 0.3) is 10.2 Å². The van der Waals surface area contributed by atoms with E-state index in [1.807, 2.05) is 0 Å². The summed E-state index contributed by atoms with van der Waals surface area (Å²) in [5.41, 5.74) is 2.31. The predicted octanol–water partition coefficient (Wildman–Crippen LogP) is 2.53. The molecule has 0 spiro atoms. The lowest BCUT2D eigenvalue weighted by Gasteiger charge is -2.01. The van der Waals surface area contributed by atoms with Gasteiger partial charge in [-0.25, -0.2) is 4.98 Å². The van der Waals surface area contributed by atoms with Crippen molar-refractivity contribution in [3.05, 3.63) is 23.3 Å². The van der Waals surface area contributed by atoms with Gasteiger partial charge in [-0.3, -0.25) is 0 Å². The third-order valence-corrected chi connectivity index (χ3v) is 4.46. The average molecular weight is 262 g/mol. The van der Waals surface area contributed by atoms with Gasteiger partial charge in [0.2, 0.25) is 0 Å². The molecule has 6 heteroatoms. The van der Waals surface area contributed by atoms with E-state index in [-0.39, 0.29) is 13.2 Å². The van der Waals surface area contributed by atoms with Gasteiger partial charge in [0, 0.05) is 16.5 Å². The highest BCUT2D eigenvalue weighted by atomic mass is 35.7. The zero-order valence-electron chi connectivity index (χ0n) is 7.61. The minimum absolute atomic E-state index is 0.0310. The van der Waals surface area contributed by atoms with Gasteiger partial charge in [-0.05, 0) is 16.2 Å². The van der Waals surface area contributed by atoms with Gasteiger partial charge in [0.15, 0.2) is 4.34 Å². The first-order chi connectivity index (χ1) is 7.30. The highest BCUT2D eigenvalue weighted by molar-refractivity contribution is 8.22. The Kier molecular flexibility index (Phi) is 3.48. The highest BCUT2D eigenvalue weighted by Crippen LogP contribution is 2.35. The lowest BCUT2D eigenvalue weighted by atomic mass is 10.1. The third kappa shape index (κ3) is 1.98. The molecule has 2 aromatic rings. The fraction of sp³-hybridized carbons (Fsp3) is 0.222. The lowest BCUT2D eigenvalue weighted by Crippen LogP contribution is -1.89. The second-order valence-electron chi connectivity index (χ2n) is 2.93. The molecule has 3 nitrogen and oxygen atoms in total. The predicted molar refractivity (Wildman–Crippen MR) is 63.2 cm³/mol. The number of fused-ring (bicyclic) bond motifs is 1. The van der Waals surface area contributed by atoms with Gasteiger partial charge in [0.25, 0.3) is 0 Å². The molecular formula is C9H8ClNO2S2. The van der Waals surface area contributed by atoms with E-state index in [9.17, 15) is 0 Å². The van der Waals surface area contributed by atoms with E-state index in [4.69, 9.17) is 20.9 Å². The number of nitrogens with zero attached hydrogens (tertiary/aromatic N) is 1. The molecule has 0 saturated carbocycles. The topological polar surface area (TPSA) is 53.4 Å². The van der Waals surface area contributed by atoms with Crippen molar-refractivity contribution in [2.24, 2.45) is 0 Å². The molecule has 15 heavy (non-hydrogen) atoms. The quantitative estimate of drug-likeness (QED) is 0.892. The summed E-state index contributed by atoms with van der Waals surface area (Å²) < 4.78 is 1.62. The minimum atomic E-state index is -0.0572. The van der Waals surface area contributed by atoms with E-state index in [0.717, 1.165) is 36.7 Å². The van der Waals surface area contributed by atoms with Crippen molar-refractivity contribution < 1.29 is 10.2 Å². The van der Waals surface area contributed by atoms with Gasteiger partial charge in [-0.15, -0.1) is 11.3 Å². The number of aromatic nitrogens is 1. The second kappa shape index (κ2) is 4.67. The summed E-state index contributed by atoms with van der Waals surface area (Å²) in [5.74, 6) is 0. The molecule has 0 fully saturated rings. The number of hydrogen-bond acceptors (Lipinski definition) is 5. The van der Waals surface area contributed by atoms with Crippen LogP contribution in [0.1, 0.15) is 11.1 Å². The van der Waals surface area contributed by atoms with Crippen LogP contribution in [-0.4, -0.2) is 15.2 Å². The molecule has 0 aliphatic carbocycles. The Balaban J connectivity index is 2.71. The van der Waals surface area contributed by atoms with Crippen molar-refractivity contribution in [2.45, 2.75) is 17.6 Å². The van der Waals surface area contributed by atoms with Crippen molar-refractivity contribution in [3.63, 3.8) is 0 Å². The first-order valence-electron chi connectivity index (χ1n) is 4.21. The van der Waals surface area contributed by atoms with Crippen LogP contribution >= 0.6 is 33.0 Å². The van der Waals surface area contributed by atoms with E-state index < -0.39 is 0 Å². The molecule has 0 atom stereocenters. The van der Waals surface area contributed by atoms with Crippen molar-refractivity contribution in [3.8, 4) is 0 Å². The Morgan fingerprint density at radius 2 is 1.93 bits per heavy atom. The van der Waals surface area contributed by atoms with Crippen LogP contribution < -0.4 is 0 Å². The van der Waals surface area contributed by atoms with Gasteiger partial charge in [-0.2, -0.15) is 0 Å². The third-order valence-electron chi connectivity index (χ3n) is 2.10. The summed E-state index contributed by atoms with van der Waals surface area (Å²) in [6.45, 7) is -0.0882. The molecule has 2 rings (SSSR count). The molecule has 80 valence electrons. The van der Waals surface area contributed by atoms with Gasteiger partial charge in [0.1, 0.15) is 0 Å². The smallest absolute Gasteiger partial charge is 0.166 e. The summed E-state index contributed by atoms with van der Waals surface area (Å²) in [5, 5.41) is 18.3. The van der Waals surface area contributed by atoms with E-state index in [1.165, 1.54) is 11.3 Å². The number of thiazole rings is 1. The number of benzene rings is 1. The molecule has 0 aliphatic rings. The molecule has 0 unspecified atom stereocenters. The van der Waals surface area contributed by atoms with Crippen LogP contribution in [0.15, 0.2) is 16.5 Å². The number of rotatable bonds is 3. The summed E-state index contributed by atoms with van der Waals surface area (Å²) in [4.78, 5) is 4.29. The van der Waals surface area contributed by atoms with Crippen LogP contribution in [0.4, 0.5) is 0 Å². The maximum atomic E-state index is 9.16. The van der Waals surface area contributed by atoms with Gasteiger partial charge in [-0.1, -0.05) is 12.1 Å². The fourth-order valence-electron chi connectivity index (χ4n) is 1.38. The maximum Gasteiger partial charge on any atom is 0.166 e. The van der Waals surface area contributed by atoms with E-state index in [2.05, 4.69) is 4.98 Å². The van der Waals surface area contributed by atoms with Gasteiger partial charge < -0.3 is 10.2 Å². The normalized spacial score (nSPS) is 11.1. The standard InChI is InChI=1S/C9H8ClNO2S2/c10-15-9-11-7-5(3-12)1-2-6(4-13)8(7)14-9/h1-2,12-13H,3-4H2. The molecule has 0 amide bonds. The molecular weight excluding hydrogens is 254 g/mol. The molecule has 1 aromatic heterocycles. The summed E-state index contributed by atoms with van der Waals surface area (Å²) in [6.07, 6.45) is 0. The molecule has 0 bridgehead atoms. The largest absolute Gasteiger partial charge is 0.392 e. The van der Waals surface area contributed by atoms with Crippen molar-refractivity contribution in [1.29, 1.82) is 0 Å². The number of halogens is 1. The van der Waals surface area contributed by atoms with Crippen LogP contribution in [0.2, 0.25) is 0 Å². The molecule has 0 aliphatic heterocycles. The fourth-order valence-corrected chi connectivity index (χ4v) is 3.11. The summed E-state index contributed by atoms with van der Waals surface area (Å²) in [7, 11) is 6.68. The number of aliphatic hydroxyl groups is 2. The van der Waals surface area contributed by atoms with Gasteiger partial charge >= 0.3 is 0 Å². The lowest BCUT2D eigenvalue weighted by molar-refractivity contribution is 0.280. The van der Waals surface area contributed by atoms with Crippen LogP contribution in [0, 0.1) is 0 Å². The van der Waals surface area contributed by atoms with Crippen LogP contribution in [0.3, 0.4) is 0 Å². The first kappa shape index (κ1) is 11.2. The Bertz CT molecular complexity index is 445. The van der Waals surface area contributed by atoms with Crippen LogP contribution in [-0.2, 0) is 13.2 Å². The summed E-state index contributed by atoms with van der Waals surface area (Å²) in [6, 6.07) is 3.57. The zero-order chi connectivity index (χ0) is 10.8. The monoisotopic (exact) mass is 261 g/mol. The zero-order valence-corrected chi connectivity index (χ0v) is 9.99.